The number of rotatable bonds is 3. The molecule has 0 aliphatic rings. The summed E-state index contributed by atoms with van der Waals surface area (Å²) in [5.41, 5.74) is 0. The van der Waals surface area contributed by atoms with Gasteiger partial charge in [-0.2, -0.15) is 0 Å². The molecule has 0 aliphatic carbocycles. The van der Waals surface area contributed by atoms with Crippen LogP contribution in [0.1, 0.15) is 6.92 Å². The number of nitrogens with zero attached hydrogens (tertiary/aromatic N) is 1. The van der Waals surface area contributed by atoms with Crippen LogP contribution in [0.4, 0.5) is 0 Å². The average Bonchev–Trinajstić information content (AvgIpc) is 1.84. The summed E-state index contributed by atoms with van der Waals surface area (Å²) in [6.45, 7) is 1.41. The Morgan fingerprint density at radius 3 is 2.33 bits per heavy atom. The quantitative estimate of drug-likeness (QED) is 0.412. The molecule has 0 aromatic heterocycles. The summed E-state index contributed by atoms with van der Waals surface area (Å²) in [4.78, 5) is 20.8. The van der Waals surface area contributed by atoms with Crippen molar-refractivity contribution in [3.63, 3.8) is 0 Å². The van der Waals surface area contributed by atoms with E-state index in [-0.39, 0.29) is 0 Å². The number of hydrogen-bond donors (Lipinski definition) is 1. The number of likely N-dealkylation sites (N-methyl/N-ethyl adjacent to an activating group) is 1. The van der Waals surface area contributed by atoms with E-state index in [4.69, 9.17) is 5.11 Å². The average molecular weight is 130 g/mol. The molecule has 0 saturated heterocycles. The van der Waals surface area contributed by atoms with Crippen LogP contribution in [-0.2, 0) is 9.59 Å². The first-order chi connectivity index (χ1) is 4.09. The highest BCUT2D eigenvalue weighted by Crippen LogP contribution is 1.89. The molecule has 50 valence electrons. The molecule has 4 nitrogen and oxygen atoms in total. The van der Waals surface area contributed by atoms with Crippen molar-refractivity contribution in [3.8, 4) is 0 Å². The van der Waals surface area contributed by atoms with Crippen LogP contribution >= 0.6 is 0 Å². The van der Waals surface area contributed by atoms with Gasteiger partial charge in [-0.3, -0.25) is 0 Å². The van der Waals surface area contributed by atoms with Crippen LogP contribution < -0.4 is 0 Å². The van der Waals surface area contributed by atoms with Gasteiger partial charge in [-0.1, -0.05) is 0 Å². The number of amides is 1. The van der Waals surface area contributed by atoms with Crippen LogP contribution in [0.5, 0.6) is 0 Å². The lowest BCUT2D eigenvalue weighted by atomic mass is 10.3. The molecule has 0 bridgehead atoms. The highest BCUT2D eigenvalue weighted by molar-refractivity contribution is 5.75. The minimum atomic E-state index is -1.03. The van der Waals surface area contributed by atoms with Gasteiger partial charge < -0.3 is 5.11 Å². The molecule has 9 heavy (non-hydrogen) atoms. The van der Waals surface area contributed by atoms with E-state index in [9.17, 15) is 9.59 Å². The Balaban J connectivity index is 3.86. The van der Waals surface area contributed by atoms with Gasteiger partial charge in [-0.15, -0.1) is 4.90 Å². The fourth-order valence-corrected chi connectivity index (χ4v) is 0.245. The molecule has 1 atom stereocenters. The zero-order valence-corrected chi connectivity index (χ0v) is 5.29. The first-order valence-corrected chi connectivity index (χ1v) is 2.43. The van der Waals surface area contributed by atoms with Gasteiger partial charge in [0.15, 0.2) is 6.04 Å². The van der Waals surface area contributed by atoms with Crippen molar-refractivity contribution in [2.45, 2.75) is 13.0 Å². The molecule has 0 aromatic carbocycles. The molecule has 0 aromatic rings. The van der Waals surface area contributed by atoms with Gasteiger partial charge >= 0.3 is 12.4 Å². The highest BCUT2D eigenvalue weighted by Gasteiger charge is 2.24. The summed E-state index contributed by atoms with van der Waals surface area (Å²) in [5.74, 6) is -1.03. The Labute approximate surface area is 53.1 Å². The monoisotopic (exact) mass is 130 g/mol. The minimum absolute atomic E-state index is 0.789. The molecule has 4 heteroatoms. The Morgan fingerprint density at radius 2 is 2.22 bits per heavy atom. The lowest BCUT2D eigenvalue weighted by Gasteiger charge is -2.02. The van der Waals surface area contributed by atoms with E-state index in [1.807, 2.05) is 0 Å². The number of carbonyl (C=O) groups excluding carboxylic acids is 1. The van der Waals surface area contributed by atoms with Crippen molar-refractivity contribution in [1.82, 2.24) is 4.90 Å². The van der Waals surface area contributed by atoms with E-state index in [1.54, 1.807) is 0 Å². The third-order valence-corrected chi connectivity index (χ3v) is 1.08. The topological polar surface area (TPSA) is 57.6 Å². The van der Waals surface area contributed by atoms with Gasteiger partial charge in [0.1, 0.15) is 0 Å². The SMILES string of the molecule is C[C@@H](C(=O)O)N(C)[C+]=O. The van der Waals surface area contributed by atoms with Crippen LogP contribution in [0.25, 0.3) is 0 Å². The van der Waals surface area contributed by atoms with Crippen LogP contribution in [0.3, 0.4) is 0 Å². The molecule has 0 aliphatic heterocycles. The number of hydrogen-bond acceptors (Lipinski definition) is 2. The van der Waals surface area contributed by atoms with Crippen LogP contribution in [0.15, 0.2) is 0 Å². The zero-order chi connectivity index (χ0) is 7.44. The van der Waals surface area contributed by atoms with Crippen molar-refractivity contribution in [3.05, 3.63) is 0 Å². The van der Waals surface area contributed by atoms with E-state index in [1.165, 1.54) is 20.4 Å². The lowest BCUT2D eigenvalue weighted by molar-refractivity contribution is -0.140. The van der Waals surface area contributed by atoms with Crippen molar-refractivity contribution in [1.29, 1.82) is 0 Å². The smallest absolute Gasteiger partial charge is 0.480 e. The molecule has 0 spiro atoms. The summed E-state index contributed by atoms with van der Waals surface area (Å²) in [6.07, 6.45) is 1.45. The summed E-state index contributed by atoms with van der Waals surface area (Å²) in [5, 5.41) is 8.26. The van der Waals surface area contributed by atoms with E-state index in [0.717, 1.165) is 4.90 Å². The fraction of sp³-hybridized carbons (Fsp3) is 0.600. The first kappa shape index (κ1) is 7.85. The van der Waals surface area contributed by atoms with Crippen molar-refractivity contribution < 1.29 is 14.7 Å². The maximum absolute atomic E-state index is 10.1. The Kier molecular flexibility index (Phi) is 2.61. The second-order valence-electron chi connectivity index (χ2n) is 1.72. The number of carboxylic acid groups (broad SMARTS) is 1. The maximum Gasteiger partial charge on any atom is 0.668 e. The highest BCUT2D eigenvalue weighted by atomic mass is 16.4. The lowest BCUT2D eigenvalue weighted by Crippen LogP contribution is -2.34. The van der Waals surface area contributed by atoms with Crippen LogP contribution in [0, 0.1) is 0 Å². The second kappa shape index (κ2) is 2.99. The van der Waals surface area contributed by atoms with Gasteiger partial charge in [-0.25, -0.2) is 4.79 Å². The summed E-state index contributed by atoms with van der Waals surface area (Å²) in [6, 6.07) is -0.789. The largest absolute Gasteiger partial charge is 0.668 e. The van der Waals surface area contributed by atoms with Gasteiger partial charge in [0.25, 0.3) is 0 Å². The van der Waals surface area contributed by atoms with E-state index < -0.39 is 12.0 Å². The molecule has 0 fully saturated rings. The molecule has 1 amide bonds. The van der Waals surface area contributed by atoms with Crippen molar-refractivity contribution in [2.24, 2.45) is 0 Å². The molecule has 0 saturated carbocycles. The Morgan fingerprint density at radius 1 is 1.78 bits per heavy atom. The van der Waals surface area contributed by atoms with E-state index in [2.05, 4.69) is 0 Å². The predicted molar refractivity (Wildman–Crippen MR) is 30.6 cm³/mol. The number of aliphatic carboxylic acids is 1. The standard InChI is InChI=1S/C5H7NO3/c1-4(5(8)9)6(2)3-7/h4H,1-2H3/p+1/t4-/m0/s1. The molecule has 0 rings (SSSR count). The minimum Gasteiger partial charge on any atom is -0.480 e. The van der Waals surface area contributed by atoms with Crippen LogP contribution in [0.2, 0.25) is 0 Å². The molecular formula is C5H8NO3+. The van der Waals surface area contributed by atoms with Gasteiger partial charge in [0, 0.05) is 0 Å². The summed E-state index contributed by atoms with van der Waals surface area (Å²) < 4.78 is 0. The summed E-state index contributed by atoms with van der Waals surface area (Å²) >= 11 is 0. The number of carbonyl (C=O) groups is 1. The third-order valence-electron chi connectivity index (χ3n) is 1.08. The third kappa shape index (κ3) is 2.06. The van der Waals surface area contributed by atoms with Gasteiger partial charge in [0.2, 0.25) is 0 Å². The fourth-order valence-electron chi connectivity index (χ4n) is 0.245. The predicted octanol–water partition coefficient (Wildman–Crippen LogP) is -0.541. The Bertz CT molecular complexity index is 123. The van der Waals surface area contributed by atoms with Crippen LogP contribution in [-0.4, -0.2) is 35.5 Å². The molecule has 0 heterocycles. The maximum atomic E-state index is 10.1. The zero-order valence-electron chi connectivity index (χ0n) is 5.29. The van der Waals surface area contributed by atoms with E-state index in [0.29, 0.717) is 0 Å². The van der Waals surface area contributed by atoms with Crippen molar-refractivity contribution >= 4 is 12.4 Å². The first-order valence-electron chi connectivity index (χ1n) is 2.43. The van der Waals surface area contributed by atoms with Gasteiger partial charge in [0.05, 0.1) is 11.8 Å². The Hall–Kier alpha value is -1.15. The summed E-state index contributed by atoms with van der Waals surface area (Å²) in [7, 11) is 1.37. The van der Waals surface area contributed by atoms with Crippen molar-refractivity contribution in [2.75, 3.05) is 7.05 Å². The molecular weight excluding hydrogens is 122 g/mol. The van der Waals surface area contributed by atoms with E-state index >= 15 is 0 Å². The molecule has 1 N–H and O–H groups in total. The second-order valence-corrected chi connectivity index (χ2v) is 1.72. The molecule has 0 radical (unpaired) electrons. The number of carboxylic acids is 1. The molecule has 0 unspecified atom stereocenters. The van der Waals surface area contributed by atoms with Gasteiger partial charge in [-0.05, 0) is 6.92 Å². The normalized spacial score (nSPS) is 11.8.